The van der Waals surface area contributed by atoms with Crippen LogP contribution in [0.2, 0.25) is 0 Å². The van der Waals surface area contributed by atoms with Gasteiger partial charge in [0.1, 0.15) is 17.5 Å². The minimum absolute atomic E-state index is 0.226. The second-order valence-corrected chi connectivity index (χ2v) is 5.09. The van der Waals surface area contributed by atoms with Crippen LogP contribution in [-0.4, -0.2) is 36.8 Å². The lowest BCUT2D eigenvalue weighted by Crippen LogP contribution is -2.34. The second-order valence-electron chi connectivity index (χ2n) is 5.09. The fourth-order valence-corrected chi connectivity index (χ4v) is 1.83. The van der Waals surface area contributed by atoms with Crippen LogP contribution < -0.4 is 16.2 Å². The number of anilines is 2. The predicted octanol–water partition coefficient (Wildman–Crippen LogP) is 1.67. The van der Waals surface area contributed by atoms with Gasteiger partial charge in [-0.3, -0.25) is 0 Å². The molecular formula is C13H25N5O. The highest BCUT2D eigenvalue weighted by Crippen LogP contribution is 2.25. The van der Waals surface area contributed by atoms with Crippen LogP contribution in [0.1, 0.15) is 38.1 Å². The summed E-state index contributed by atoms with van der Waals surface area (Å²) in [5.74, 6) is 8.13. The third-order valence-corrected chi connectivity index (χ3v) is 3.19. The van der Waals surface area contributed by atoms with Crippen LogP contribution >= 0.6 is 0 Å². The normalized spacial score (nSPS) is 12.6. The molecule has 108 valence electrons. The molecule has 6 heteroatoms. The largest absolute Gasteiger partial charge is 0.383 e. The molecule has 0 bridgehead atoms. The van der Waals surface area contributed by atoms with Crippen LogP contribution in [0.4, 0.5) is 11.6 Å². The van der Waals surface area contributed by atoms with E-state index in [2.05, 4.69) is 41.1 Å². The SMILES string of the molecule is COCC(C)N(C)c1nc(C(C)C)nc(NN)c1C. The number of aromatic nitrogens is 2. The Hall–Kier alpha value is -1.40. The van der Waals surface area contributed by atoms with Crippen molar-refractivity contribution in [3.05, 3.63) is 11.4 Å². The van der Waals surface area contributed by atoms with E-state index in [0.29, 0.717) is 12.4 Å². The lowest BCUT2D eigenvalue weighted by Gasteiger charge is -2.28. The van der Waals surface area contributed by atoms with E-state index in [9.17, 15) is 0 Å². The van der Waals surface area contributed by atoms with E-state index < -0.39 is 0 Å². The van der Waals surface area contributed by atoms with E-state index in [4.69, 9.17) is 10.6 Å². The molecular weight excluding hydrogens is 242 g/mol. The summed E-state index contributed by atoms with van der Waals surface area (Å²) in [5.41, 5.74) is 3.59. The first-order valence-corrected chi connectivity index (χ1v) is 6.49. The summed E-state index contributed by atoms with van der Waals surface area (Å²) in [4.78, 5) is 11.2. The highest BCUT2D eigenvalue weighted by Gasteiger charge is 2.18. The summed E-state index contributed by atoms with van der Waals surface area (Å²) >= 11 is 0. The van der Waals surface area contributed by atoms with E-state index in [-0.39, 0.29) is 12.0 Å². The second kappa shape index (κ2) is 6.68. The predicted molar refractivity (Wildman–Crippen MR) is 78.4 cm³/mol. The molecule has 1 aromatic heterocycles. The molecule has 6 nitrogen and oxygen atoms in total. The highest BCUT2D eigenvalue weighted by molar-refractivity contribution is 5.58. The van der Waals surface area contributed by atoms with E-state index in [0.717, 1.165) is 17.2 Å². The minimum Gasteiger partial charge on any atom is -0.383 e. The van der Waals surface area contributed by atoms with Crippen molar-refractivity contribution >= 4 is 11.6 Å². The molecule has 0 aliphatic rings. The minimum atomic E-state index is 0.226. The zero-order valence-corrected chi connectivity index (χ0v) is 12.7. The molecule has 0 aliphatic carbocycles. The summed E-state index contributed by atoms with van der Waals surface area (Å²) in [5, 5.41) is 0. The molecule has 3 N–H and O–H groups in total. The molecule has 0 spiro atoms. The summed E-state index contributed by atoms with van der Waals surface area (Å²) in [6, 6.07) is 0.226. The Morgan fingerprint density at radius 3 is 2.42 bits per heavy atom. The van der Waals surface area contributed by atoms with Crippen LogP contribution in [0.25, 0.3) is 0 Å². The average molecular weight is 267 g/mol. The Morgan fingerprint density at radius 1 is 1.32 bits per heavy atom. The van der Waals surface area contributed by atoms with Crippen LogP contribution in [0.15, 0.2) is 0 Å². The number of rotatable bonds is 6. The first-order valence-electron chi connectivity index (χ1n) is 6.49. The third-order valence-electron chi connectivity index (χ3n) is 3.19. The van der Waals surface area contributed by atoms with Crippen LogP contribution in [-0.2, 0) is 4.74 Å². The first-order chi connectivity index (χ1) is 8.92. The number of nitrogen functional groups attached to an aromatic ring is 1. The first kappa shape index (κ1) is 15.7. The molecule has 0 radical (unpaired) electrons. The number of nitrogens with zero attached hydrogens (tertiary/aromatic N) is 3. The van der Waals surface area contributed by atoms with Gasteiger partial charge in [0, 0.05) is 25.6 Å². The van der Waals surface area contributed by atoms with Crippen molar-refractivity contribution in [3.63, 3.8) is 0 Å². The number of hydrazine groups is 1. The summed E-state index contributed by atoms with van der Waals surface area (Å²) in [6.07, 6.45) is 0. The number of likely N-dealkylation sites (N-methyl/N-ethyl adjacent to an activating group) is 1. The molecule has 1 atom stereocenters. The number of nitrogens with two attached hydrogens (primary N) is 1. The van der Waals surface area contributed by atoms with Gasteiger partial charge in [0.15, 0.2) is 0 Å². The standard InChI is InChI=1S/C13H25N5O/c1-8(2)11-15-12(17-14)10(4)13(16-11)18(5)9(3)7-19-6/h8-9H,7,14H2,1-6H3,(H,15,16,17). The van der Waals surface area contributed by atoms with Gasteiger partial charge in [0.25, 0.3) is 0 Å². The van der Waals surface area contributed by atoms with Gasteiger partial charge in [-0.25, -0.2) is 15.8 Å². The van der Waals surface area contributed by atoms with Crippen molar-refractivity contribution in [2.45, 2.75) is 39.7 Å². The zero-order chi connectivity index (χ0) is 14.6. The molecule has 0 saturated heterocycles. The molecule has 1 rings (SSSR count). The van der Waals surface area contributed by atoms with Crippen molar-refractivity contribution in [1.82, 2.24) is 9.97 Å². The van der Waals surface area contributed by atoms with Gasteiger partial charge < -0.3 is 15.1 Å². The molecule has 1 unspecified atom stereocenters. The van der Waals surface area contributed by atoms with Crippen LogP contribution in [0.3, 0.4) is 0 Å². The van der Waals surface area contributed by atoms with Gasteiger partial charge in [0.2, 0.25) is 0 Å². The van der Waals surface area contributed by atoms with Crippen LogP contribution in [0.5, 0.6) is 0 Å². The Morgan fingerprint density at radius 2 is 1.95 bits per heavy atom. The van der Waals surface area contributed by atoms with E-state index in [1.807, 2.05) is 14.0 Å². The number of ether oxygens (including phenoxy) is 1. The Kier molecular flexibility index (Phi) is 5.50. The van der Waals surface area contributed by atoms with Gasteiger partial charge >= 0.3 is 0 Å². The lowest BCUT2D eigenvalue weighted by molar-refractivity contribution is 0.183. The number of methoxy groups -OCH3 is 1. The monoisotopic (exact) mass is 267 g/mol. The summed E-state index contributed by atoms with van der Waals surface area (Å²) in [7, 11) is 3.70. The van der Waals surface area contributed by atoms with Gasteiger partial charge in [0.05, 0.1) is 12.6 Å². The van der Waals surface area contributed by atoms with E-state index >= 15 is 0 Å². The lowest BCUT2D eigenvalue weighted by atomic mass is 10.2. The van der Waals surface area contributed by atoms with Gasteiger partial charge in [-0.2, -0.15) is 0 Å². The van der Waals surface area contributed by atoms with Crippen molar-refractivity contribution in [3.8, 4) is 0 Å². The Bertz CT molecular complexity index is 422. The fourth-order valence-electron chi connectivity index (χ4n) is 1.83. The number of hydrogen-bond acceptors (Lipinski definition) is 6. The molecule has 0 saturated carbocycles. The maximum Gasteiger partial charge on any atom is 0.148 e. The topological polar surface area (TPSA) is 76.3 Å². The maximum atomic E-state index is 5.54. The van der Waals surface area contributed by atoms with Gasteiger partial charge in [-0.05, 0) is 13.8 Å². The van der Waals surface area contributed by atoms with Gasteiger partial charge in [-0.15, -0.1) is 0 Å². The quantitative estimate of drug-likeness (QED) is 0.603. The number of hydrogen-bond donors (Lipinski definition) is 2. The Labute approximate surface area is 115 Å². The van der Waals surface area contributed by atoms with Crippen molar-refractivity contribution in [2.24, 2.45) is 5.84 Å². The van der Waals surface area contributed by atoms with Crippen molar-refractivity contribution in [1.29, 1.82) is 0 Å². The average Bonchev–Trinajstić information content (AvgIpc) is 2.38. The molecule has 1 aromatic rings. The molecule has 19 heavy (non-hydrogen) atoms. The smallest absolute Gasteiger partial charge is 0.148 e. The number of nitrogens with one attached hydrogen (secondary N) is 1. The summed E-state index contributed by atoms with van der Waals surface area (Å²) in [6.45, 7) is 8.82. The van der Waals surface area contributed by atoms with Gasteiger partial charge in [-0.1, -0.05) is 13.8 Å². The highest BCUT2D eigenvalue weighted by atomic mass is 16.5. The molecule has 0 fully saturated rings. The van der Waals surface area contributed by atoms with Crippen molar-refractivity contribution in [2.75, 3.05) is 31.1 Å². The third kappa shape index (κ3) is 3.54. The molecule has 0 aromatic carbocycles. The zero-order valence-electron chi connectivity index (χ0n) is 12.7. The molecule has 0 amide bonds. The summed E-state index contributed by atoms with van der Waals surface area (Å²) < 4.78 is 5.19. The van der Waals surface area contributed by atoms with E-state index in [1.54, 1.807) is 7.11 Å². The van der Waals surface area contributed by atoms with E-state index in [1.165, 1.54) is 0 Å². The maximum absolute atomic E-state index is 5.54. The molecule has 0 aliphatic heterocycles. The van der Waals surface area contributed by atoms with Crippen molar-refractivity contribution < 1.29 is 4.74 Å². The fraction of sp³-hybridized carbons (Fsp3) is 0.692. The van der Waals surface area contributed by atoms with Crippen LogP contribution in [0, 0.1) is 6.92 Å². The molecule has 1 heterocycles. The Balaban J connectivity index is 3.21.